The monoisotopic (exact) mass is 456 g/mol. The first kappa shape index (κ1) is 20.4. The van der Waals surface area contributed by atoms with E-state index in [2.05, 4.69) is 20.9 Å². The van der Waals surface area contributed by atoms with Gasteiger partial charge in [-0.25, -0.2) is 0 Å². The Morgan fingerprint density at radius 2 is 1.82 bits per heavy atom. The SMILES string of the molecule is CCOc1ccc(SCC(=O)N(Cc2ccccn2)c2ccc(Br)cc2)cc1. The van der Waals surface area contributed by atoms with Gasteiger partial charge in [0.2, 0.25) is 5.91 Å². The fraction of sp³-hybridized carbons (Fsp3) is 0.182. The van der Waals surface area contributed by atoms with Gasteiger partial charge in [0.15, 0.2) is 0 Å². The maximum Gasteiger partial charge on any atom is 0.237 e. The Kier molecular flexibility index (Phi) is 7.51. The van der Waals surface area contributed by atoms with Crippen LogP contribution in [0.5, 0.6) is 5.75 Å². The molecule has 0 saturated carbocycles. The van der Waals surface area contributed by atoms with Gasteiger partial charge in [0.05, 0.1) is 24.6 Å². The van der Waals surface area contributed by atoms with Crippen molar-refractivity contribution in [3.63, 3.8) is 0 Å². The number of thioether (sulfide) groups is 1. The number of carbonyl (C=O) groups is 1. The number of anilines is 1. The lowest BCUT2D eigenvalue weighted by atomic mass is 10.2. The maximum atomic E-state index is 13.0. The van der Waals surface area contributed by atoms with E-state index in [1.807, 2.05) is 73.7 Å². The molecule has 0 unspecified atom stereocenters. The number of benzene rings is 2. The lowest BCUT2D eigenvalue weighted by molar-refractivity contribution is -0.116. The van der Waals surface area contributed by atoms with Gasteiger partial charge >= 0.3 is 0 Å². The van der Waals surface area contributed by atoms with Gasteiger partial charge in [-0.1, -0.05) is 22.0 Å². The minimum absolute atomic E-state index is 0.0341. The number of ether oxygens (including phenoxy) is 1. The molecule has 0 aliphatic heterocycles. The number of carbonyl (C=O) groups excluding carboxylic acids is 1. The fourth-order valence-corrected chi connectivity index (χ4v) is 3.66. The molecule has 0 fully saturated rings. The summed E-state index contributed by atoms with van der Waals surface area (Å²) in [6.07, 6.45) is 1.74. The van der Waals surface area contributed by atoms with Gasteiger partial charge in [-0.15, -0.1) is 11.8 Å². The highest BCUT2D eigenvalue weighted by molar-refractivity contribution is 9.10. The molecular formula is C22H21BrN2O2S. The highest BCUT2D eigenvalue weighted by Gasteiger charge is 2.17. The van der Waals surface area contributed by atoms with Crippen LogP contribution in [-0.2, 0) is 11.3 Å². The minimum Gasteiger partial charge on any atom is -0.494 e. The molecule has 144 valence electrons. The summed E-state index contributed by atoms with van der Waals surface area (Å²) in [5.41, 5.74) is 1.70. The van der Waals surface area contributed by atoms with E-state index in [1.165, 1.54) is 11.8 Å². The van der Waals surface area contributed by atoms with Crippen molar-refractivity contribution in [3.8, 4) is 5.75 Å². The number of halogens is 1. The van der Waals surface area contributed by atoms with Crippen molar-refractivity contribution in [2.75, 3.05) is 17.3 Å². The maximum absolute atomic E-state index is 13.0. The molecule has 1 aromatic heterocycles. The van der Waals surface area contributed by atoms with Crippen LogP contribution in [0.1, 0.15) is 12.6 Å². The Labute approximate surface area is 178 Å². The van der Waals surface area contributed by atoms with Crippen molar-refractivity contribution in [2.45, 2.75) is 18.4 Å². The molecule has 0 saturated heterocycles. The molecule has 28 heavy (non-hydrogen) atoms. The molecule has 2 aromatic carbocycles. The van der Waals surface area contributed by atoms with E-state index in [1.54, 1.807) is 11.1 Å². The Hall–Kier alpha value is -2.31. The van der Waals surface area contributed by atoms with E-state index < -0.39 is 0 Å². The van der Waals surface area contributed by atoms with Gasteiger partial charge in [0, 0.05) is 21.3 Å². The second-order valence-electron chi connectivity index (χ2n) is 5.97. The van der Waals surface area contributed by atoms with E-state index in [4.69, 9.17) is 4.74 Å². The largest absolute Gasteiger partial charge is 0.494 e. The van der Waals surface area contributed by atoms with Crippen molar-refractivity contribution in [3.05, 3.63) is 83.1 Å². The minimum atomic E-state index is 0.0341. The molecule has 3 aromatic rings. The number of aromatic nitrogens is 1. The van der Waals surface area contributed by atoms with Gasteiger partial charge in [0.25, 0.3) is 0 Å². The molecule has 3 rings (SSSR count). The Balaban J connectivity index is 1.71. The number of pyridine rings is 1. The molecule has 0 bridgehead atoms. The summed E-state index contributed by atoms with van der Waals surface area (Å²) in [6.45, 7) is 3.03. The van der Waals surface area contributed by atoms with Crippen molar-refractivity contribution < 1.29 is 9.53 Å². The third-order valence-electron chi connectivity index (χ3n) is 3.98. The molecule has 6 heteroatoms. The summed E-state index contributed by atoms with van der Waals surface area (Å²) in [7, 11) is 0. The fourth-order valence-electron chi connectivity index (χ4n) is 2.62. The Morgan fingerprint density at radius 3 is 2.46 bits per heavy atom. The molecule has 0 spiro atoms. The molecule has 0 radical (unpaired) electrons. The van der Waals surface area contributed by atoms with Crippen molar-refractivity contribution >= 4 is 39.3 Å². The smallest absolute Gasteiger partial charge is 0.237 e. The predicted octanol–water partition coefficient (Wildman–Crippen LogP) is 5.57. The van der Waals surface area contributed by atoms with Crippen LogP contribution in [-0.4, -0.2) is 23.3 Å². The van der Waals surface area contributed by atoms with E-state index in [0.29, 0.717) is 18.9 Å². The number of rotatable bonds is 8. The summed E-state index contributed by atoms with van der Waals surface area (Å²) in [5.74, 6) is 1.22. The van der Waals surface area contributed by atoms with Crippen LogP contribution >= 0.6 is 27.7 Å². The third kappa shape index (κ3) is 5.84. The first-order chi connectivity index (χ1) is 13.7. The van der Waals surface area contributed by atoms with E-state index in [0.717, 1.165) is 26.5 Å². The summed E-state index contributed by atoms with van der Waals surface area (Å²) in [4.78, 5) is 20.2. The molecule has 0 N–H and O–H groups in total. The van der Waals surface area contributed by atoms with Crippen molar-refractivity contribution in [2.24, 2.45) is 0 Å². The molecule has 0 atom stereocenters. The highest BCUT2D eigenvalue weighted by Crippen LogP contribution is 2.25. The van der Waals surface area contributed by atoms with Crippen LogP contribution in [0.3, 0.4) is 0 Å². The second-order valence-corrected chi connectivity index (χ2v) is 7.93. The Morgan fingerprint density at radius 1 is 1.07 bits per heavy atom. The number of amides is 1. The standard InChI is InChI=1S/C22H21BrN2O2S/c1-2-27-20-10-12-21(13-11-20)28-16-22(26)25(15-18-5-3-4-14-24-18)19-8-6-17(23)7-9-19/h3-14H,2,15-16H2,1H3. The van der Waals surface area contributed by atoms with Gasteiger partial charge in [-0.3, -0.25) is 9.78 Å². The quantitative estimate of drug-likeness (QED) is 0.415. The van der Waals surface area contributed by atoms with Crippen LogP contribution in [0.15, 0.2) is 82.3 Å². The summed E-state index contributed by atoms with van der Waals surface area (Å²) >= 11 is 4.96. The van der Waals surface area contributed by atoms with Crippen LogP contribution < -0.4 is 9.64 Å². The number of nitrogens with zero attached hydrogens (tertiary/aromatic N) is 2. The molecular weight excluding hydrogens is 436 g/mol. The Bertz CT molecular complexity index is 887. The van der Waals surface area contributed by atoms with E-state index in [-0.39, 0.29) is 5.91 Å². The average molecular weight is 457 g/mol. The van der Waals surface area contributed by atoms with Gasteiger partial charge in [-0.2, -0.15) is 0 Å². The first-order valence-electron chi connectivity index (χ1n) is 8.97. The lowest BCUT2D eigenvalue weighted by Gasteiger charge is -2.22. The van der Waals surface area contributed by atoms with Crippen molar-refractivity contribution in [1.29, 1.82) is 0 Å². The normalized spacial score (nSPS) is 10.5. The van der Waals surface area contributed by atoms with Crippen LogP contribution in [0.4, 0.5) is 5.69 Å². The lowest BCUT2D eigenvalue weighted by Crippen LogP contribution is -2.32. The molecule has 1 amide bonds. The average Bonchev–Trinajstić information content (AvgIpc) is 2.73. The predicted molar refractivity (Wildman–Crippen MR) is 118 cm³/mol. The number of hydrogen-bond acceptors (Lipinski definition) is 4. The van der Waals surface area contributed by atoms with E-state index >= 15 is 0 Å². The zero-order valence-electron chi connectivity index (χ0n) is 15.5. The molecule has 0 aliphatic carbocycles. The van der Waals surface area contributed by atoms with Gasteiger partial charge in [-0.05, 0) is 67.6 Å². The van der Waals surface area contributed by atoms with Crippen LogP contribution in [0.2, 0.25) is 0 Å². The highest BCUT2D eigenvalue weighted by atomic mass is 79.9. The van der Waals surface area contributed by atoms with E-state index in [9.17, 15) is 4.79 Å². The van der Waals surface area contributed by atoms with Gasteiger partial charge in [0.1, 0.15) is 5.75 Å². The first-order valence-corrected chi connectivity index (χ1v) is 10.7. The van der Waals surface area contributed by atoms with Crippen LogP contribution in [0, 0.1) is 0 Å². The topological polar surface area (TPSA) is 42.4 Å². The second kappa shape index (κ2) is 10.3. The zero-order chi connectivity index (χ0) is 19.8. The molecule has 4 nitrogen and oxygen atoms in total. The van der Waals surface area contributed by atoms with Crippen molar-refractivity contribution in [1.82, 2.24) is 4.98 Å². The summed E-state index contributed by atoms with van der Waals surface area (Å²) in [6, 6.07) is 21.3. The van der Waals surface area contributed by atoms with Gasteiger partial charge < -0.3 is 9.64 Å². The molecule has 0 aliphatic rings. The van der Waals surface area contributed by atoms with Crippen LogP contribution in [0.25, 0.3) is 0 Å². The number of hydrogen-bond donors (Lipinski definition) is 0. The summed E-state index contributed by atoms with van der Waals surface area (Å²) in [5, 5.41) is 0. The molecule has 1 heterocycles. The zero-order valence-corrected chi connectivity index (χ0v) is 17.9. The summed E-state index contributed by atoms with van der Waals surface area (Å²) < 4.78 is 6.44. The third-order valence-corrected chi connectivity index (χ3v) is 5.51.